The van der Waals surface area contributed by atoms with Gasteiger partial charge in [-0.25, -0.2) is 12.8 Å². The summed E-state index contributed by atoms with van der Waals surface area (Å²) in [5, 5.41) is 2.32. The number of carbonyl (C=O) groups excluding carboxylic acids is 1. The highest BCUT2D eigenvalue weighted by molar-refractivity contribution is 8.13. The van der Waals surface area contributed by atoms with Crippen molar-refractivity contribution in [3.8, 4) is 18.1 Å². The standard InChI is InChI=1S/C11H9ClFNO4S/c1-2-5-14-11(15)7-18-10-4-3-8(6-9(10)13)19(12,16)17/h1,3-4,6H,5,7H2,(H,14,15). The quantitative estimate of drug-likeness (QED) is 0.647. The second-order valence-electron chi connectivity index (χ2n) is 3.30. The van der Waals surface area contributed by atoms with Gasteiger partial charge in [-0.15, -0.1) is 6.42 Å². The lowest BCUT2D eigenvalue weighted by molar-refractivity contribution is -0.122. The number of hydrogen-bond donors (Lipinski definition) is 1. The molecule has 0 fully saturated rings. The van der Waals surface area contributed by atoms with Crippen LogP contribution in [0, 0.1) is 18.2 Å². The molecule has 0 unspecified atom stereocenters. The van der Waals surface area contributed by atoms with E-state index in [9.17, 15) is 17.6 Å². The number of benzene rings is 1. The Labute approximate surface area is 114 Å². The summed E-state index contributed by atoms with van der Waals surface area (Å²) < 4.78 is 40.3. The normalized spacial score (nSPS) is 10.6. The fourth-order valence-electron chi connectivity index (χ4n) is 1.09. The molecule has 102 valence electrons. The van der Waals surface area contributed by atoms with Crippen LogP contribution in [0.2, 0.25) is 0 Å². The third-order valence-corrected chi connectivity index (χ3v) is 3.28. The Kier molecular flexibility index (Phi) is 5.15. The molecule has 0 saturated carbocycles. The molecule has 1 aromatic rings. The van der Waals surface area contributed by atoms with Crippen molar-refractivity contribution >= 4 is 25.6 Å². The van der Waals surface area contributed by atoms with E-state index in [-0.39, 0.29) is 12.3 Å². The van der Waals surface area contributed by atoms with Crippen LogP contribution in [0.25, 0.3) is 0 Å². The van der Waals surface area contributed by atoms with Gasteiger partial charge in [-0.1, -0.05) is 5.92 Å². The van der Waals surface area contributed by atoms with Crippen LogP contribution in [-0.4, -0.2) is 27.5 Å². The van der Waals surface area contributed by atoms with Gasteiger partial charge >= 0.3 is 0 Å². The number of amides is 1. The average Bonchev–Trinajstić information content (AvgIpc) is 2.33. The van der Waals surface area contributed by atoms with Crippen molar-refractivity contribution in [2.45, 2.75) is 4.90 Å². The summed E-state index contributed by atoms with van der Waals surface area (Å²) >= 11 is 0. The number of terminal acetylenes is 1. The molecule has 0 atom stereocenters. The molecule has 1 amide bonds. The largest absolute Gasteiger partial charge is 0.481 e. The number of halogens is 2. The Hall–Kier alpha value is -1.78. The van der Waals surface area contributed by atoms with E-state index >= 15 is 0 Å². The van der Waals surface area contributed by atoms with Gasteiger partial charge < -0.3 is 10.1 Å². The first-order valence-corrected chi connectivity index (χ1v) is 7.22. The molecule has 0 heterocycles. The molecule has 5 nitrogen and oxygen atoms in total. The molecule has 1 aromatic carbocycles. The van der Waals surface area contributed by atoms with Crippen molar-refractivity contribution in [1.29, 1.82) is 0 Å². The predicted molar refractivity (Wildman–Crippen MR) is 66.8 cm³/mol. The molecule has 1 rings (SSSR count). The Morgan fingerprint density at radius 1 is 1.53 bits per heavy atom. The fraction of sp³-hybridized carbons (Fsp3) is 0.182. The molecular formula is C11H9ClFNO4S. The summed E-state index contributed by atoms with van der Waals surface area (Å²) in [5.74, 6) is 0.465. The van der Waals surface area contributed by atoms with Crippen molar-refractivity contribution in [3.63, 3.8) is 0 Å². The van der Waals surface area contributed by atoms with Gasteiger partial charge in [0, 0.05) is 10.7 Å². The zero-order chi connectivity index (χ0) is 14.5. The molecule has 0 saturated heterocycles. The van der Waals surface area contributed by atoms with Crippen LogP contribution >= 0.6 is 10.7 Å². The van der Waals surface area contributed by atoms with Gasteiger partial charge in [0.1, 0.15) is 0 Å². The first kappa shape index (κ1) is 15.3. The summed E-state index contributed by atoms with van der Waals surface area (Å²) in [6, 6.07) is 2.84. The van der Waals surface area contributed by atoms with Crippen molar-refractivity contribution in [2.75, 3.05) is 13.2 Å². The van der Waals surface area contributed by atoms with Crippen LogP contribution < -0.4 is 10.1 Å². The number of carbonyl (C=O) groups is 1. The highest BCUT2D eigenvalue weighted by atomic mass is 35.7. The maximum absolute atomic E-state index is 13.5. The van der Waals surface area contributed by atoms with E-state index in [1.807, 2.05) is 0 Å². The van der Waals surface area contributed by atoms with Crippen molar-refractivity contribution in [2.24, 2.45) is 0 Å². The average molecular weight is 306 g/mol. The second-order valence-corrected chi connectivity index (χ2v) is 5.87. The molecule has 0 bridgehead atoms. The number of rotatable bonds is 5. The Morgan fingerprint density at radius 3 is 2.74 bits per heavy atom. The van der Waals surface area contributed by atoms with Gasteiger partial charge in [0.05, 0.1) is 11.4 Å². The van der Waals surface area contributed by atoms with E-state index in [2.05, 4.69) is 11.2 Å². The molecule has 0 spiro atoms. The van der Waals surface area contributed by atoms with Crippen molar-refractivity contribution < 1.29 is 22.3 Å². The lowest BCUT2D eigenvalue weighted by Crippen LogP contribution is -2.29. The van der Waals surface area contributed by atoms with Crippen LogP contribution in [0.3, 0.4) is 0 Å². The monoisotopic (exact) mass is 305 g/mol. The van der Waals surface area contributed by atoms with E-state index < -0.39 is 32.3 Å². The molecule has 0 aliphatic rings. The highest BCUT2D eigenvalue weighted by Crippen LogP contribution is 2.23. The van der Waals surface area contributed by atoms with Crippen LogP contribution in [0.1, 0.15) is 0 Å². The maximum atomic E-state index is 13.5. The summed E-state index contributed by atoms with van der Waals surface area (Å²) in [5.41, 5.74) is 0. The Morgan fingerprint density at radius 2 is 2.21 bits per heavy atom. The van der Waals surface area contributed by atoms with Gasteiger partial charge in [0.15, 0.2) is 18.2 Å². The fourth-order valence-corrected chi connectivity index (χ4v) is 1.86. The maximum Gasteiger partial charge on any atom is 0.261 e. The second kappa shape index (κ2) is 6.41. The van der Waals surface area contributed by atoms with Gasteiger partial charge in [0.25, 0.3) is 15.0 Å². The minimum absolute atomic E-state index is 0.0358. The lowest BCUT2D eigenvalue weighted by Gasteiger charge is -2.07. The van der Waals surface area contributed by atoms with Crippen molar-refractivity contribution in [1.82, 2.24) is 5.32 Å². The van der Waals surface area contributed by atoms with Crippen LogP contribution in [0.15, 0.2) is 23.1 Å². The number of hydrogen-bond acceptors (Lipinski definition) is 4. The SMILES string of the molecule is C#CCNC(=O)COc1ccc(S(=O)(=O)Cl)cc1F. The minimum Gasteiger partial charge on any atom is -0.481 e. The molecule has 0 radical (unpaired) electrons. The number of ether oxygens (including phenoxy) is 1. The molecule has 19 heavy (non-hydrogen) atoms. The smallest absolute Gasteiger partial charge is 0.261 e. The summed E-state index contributed by atoms with van der Waals surface area (Å²) in [6.07, 6.45) is 4.93. The summed E-state index contributed by atoms with van der Waals surface area (Å²) in [4.78, 5) is 10.7. The van der Waals surface area contributed by atoms with Crippen molar-refractivity contribution in [3.05, 3.63) is 24.0 Å². The predicted octanol–water partition coefficient (Wildman–Crippen LogP) is 0.881. The van der Waals surface area contributed by atoms with E-state index in [0.29, 0.717) is 6.07 Å². The summed E-state index contributed by atoms with van der Waals surface area (Å²) in [6.45, 7) is -0.403. The zero-order valence-corrected chi connectivity index (χ0v) is 11.1. The van der Waals surface area contributed by atoms with Gasteiger partial charge in [-0.05, 0) is 18.2 Å². The van der Waals surface area contributed by atoms with Crippen LogP contribution in [0.4, 0.5) is 4.39 Å². The third kappa shape index (κ3) is 4.77. The first-order chi connectivity index (χ1) is 8.84. The molecule has 8 heteroatoms. The lowest BCUT2D eigenvalue weighted by atomic mass is 10.3. The number of nitrogens with one attached hydrogen (secondary N) is 1. The zero-order valence-electron chi connectivity index (χ0n) is 9.52. The topological polar surface area (TPSA) is 72.5 Å². The third-order valence-electron chi connectivity index (χ3n) is 1.93. The van der Waals surface area contributed by atoms with E-state index in [4.69, 9.17) is 21.8 Å². The van der Waals surface area contributed by atoms with Crippen LogP contribution in [-0.2, 0) is 13.8 Å². The van der Waals surface area contributed by atoms with E-state index in [1.165, 1.54) is 0 Å². The minimum atomic E-state index is -4.01. The van der Waals surface area contributed by atoms with Crippen LogP contribution in [0.5, 0.6) is 5.75 Å². The van der Waals surface area contributed by atoms with E-state index in [1.54, 1.807) is 0 Å². The molecule has 0 aliphatic carbocycles. The molecular weight excluding hydrogens is 297 g/mol. The Balaban J connectivity index is 2.71. The van der Waals surface area contributed by atoms with E-state index in [0.717, 1.165) is 12.1 Å². The molecule has 0 aliphatic heterocycles. The van der Waals surface area contributed by atoms with Gasteiger partial charge in [-0.3, -0.25) is 4.79 Å². The van der Waals surface area contributed by atoms with Gasteiger partial charge in [0.2, 0.25) is 0 Å². The molecule has 0 aromatic heterocycles. The first-order valence-electron chi connectivity index (χ1n) is 4.92. The molecule has 1 N–H and O–H groups in total. The highest BCUT2D eigenvalue weighted by Gasteiger charge is 2.14. The Bertz CT molecular complexity index is 624. The summed E-state index contributed by atoms with van der Waals surface area (Å²) in [7, 11) is 1.04. The van der Waals surface area contributed by atoms with Gasteiger partial charge in [-0.2, -0.15) is 0 Å².